The van der Waals surface area contributed by atoms with Gasteiger partial charge >= 0.3 is 46.7 Å². The van der Waals surface area contributed by atoms with Gasteiger partial charge in [-0.25, -0.2) is 4.98 Å². The van der Waals surface area contributed by atoms with Crippen molar-refractivity contribution in [2.24, 2.45) is 0 Å². The zero-order valence-corrected chi connectivity index (χ0v) is 35.7. The number of hydrogen-bond donors (Lipinski definition) is 1. The van der Waals surface area contributed by atoms with Crippen molar-refractivity contribution in [2.45, 2.75) is 113 Å². The molecule has 2 aliphatic carbocycles. The zero-order chi connectivity index (χ0) is 45.9. The van der Waals surface area contributed by atoms with Crippen molar-refractivity contribution in [3.63, 3.8) is 0 Å². The molecule has 61 heavy (non-hydrogen) atoms. The molecule has 24 heteroatoms. The van der Waals surface area contributed by atoms with Gasteiger partial charge in [-0.2, -0.15) is 64.8 Å². The van der Waals surface area contributed by atoms with Crippen molar-refractivity contribution in [3.05, 3.63) is 82.5 Å². The second-order valence-corrected chi connectivity index (χ2v) is 21.8. The van der Waals surface area contributed by atoms with E-state index in [4.69, 9.17) is 0 Å². The van der Waals surface area contributed by atoms with Crippen LogP contribution in [0.2, 0.25) is 0 Å². The molecule has 7 rings (SSSR count). The fourth-order valence-electron chi connectivity index (χ4n) is 7.14. The lowest BCUT2D eigenvalue weighted by Crippen LogP contribution is -2.49. The summed E-state index contributed by atoms with van der Waals surface area (Å²) in [6.45, 7) is 13.6. The number of pyridine rings is 1. The highest BCUT2D eigenvalue weighted by Crippen LogP contribution is 2.43. The van der Waals surface area contributed by atoms with Gasteiger partial charge in [-0.05, 0) is 90.8 Å². The molecule has 12 nitrogen and oxygen atoms in total. The first-order chi connectivity index (χ1) is 27.7. The number of alkyl halides is 9. The van der Waals surface area contributed by atoms with Crippen molar-refractivity contribution in [2.75, 3.05) is 16.8 Å². The monoisotopic (exact) mass is 938 g/mol. The Labute approximate surface area is 347 Å². The molecule has 0 atom stereocenters. The fraction of sp³-hybridized carbons (Fsp3) is 0.541. The van der Waals surface area contributed by atoms with Crippen LogP contribution in [0, 0.1) is 6.92 Å². The molecule has 0 saturated heterocycles. The number of phenolic OH excluding ortho intramolecular Hbond substituents is 1. The molecule has 0 radical (unpaired) electrons. The van der Waals surface area contributed by atoms with Crippen molar-refractivity contribution < 1.29 is 74.1 Å². The summed E-state index contributed by atoms with van der Waals surface area (Å²) in [7, 11) is -19.4. The summed E-state index contributed by atoms with van der Waals surface area (Å²) in [5.74, 6) is -1.46. The van der Waals surface area contributed by atoms with E-state index in [9.17, 15) is 69.9 Å². The molecule has 3 aromatic rings. The lowest BCUT2D eigenvalue weighted by molar-refractivity contribution is -0.0501. The Balaban J connectivity index is 0.000000176. The first-order valence-corrected chi connectivity index (χ1v) is 22.8. The van der Waals surface area contributed by atoms with E-state index in [2.05, 4.69) is 38.9 Å². The van der Waals surface area contributed by atoms with E-state index in [1.54, 1.807) is 6.07 Å². The van der Waals surface area contributed by atoms with Gasteiger partial charge in [0.1, 0.15) is 11.5 Å². The highest BCUT2D eigenvalue weighted by atomic mass is 32.3. The Kier molecular flexibility index (Phi) is 12.9. The number of benzene rings is 2. The number of rotatable bonds is 7. The maximum atomic E-state index is 12.5. The minimum atomic E-state index is -6.88. The van der Waals surface area contributed by atoms with Gasteiger partial charge in [0.25, 0.3) is 0 Å². The molecule has 3 heterocycles. The maximum absolute atomic E-state index is 12.5. The predicted molar refractivity (Wildman–Crippen MR) is 204 cm³/mol. The molecule has 0 spiro atoms. The van der Waals surface area contributed by atoms with Crippen LogP contribution in [0.25, 0.3) is 0 Å². The second kappa shape index (κ2) is 16.4. The van der Waals surface area contributed by atoms with Crippen LogP contribution in [0.3, 0.4) is 0 Å². The van der Waals surface area contributed by atoms with Gasteiger partial charge in [-0.1, -0.05) is 45.9 Å². The van der Waals surface area contributed by atoms with E-state index < -0.39 is 56.2 Å². The molecule has 0 bridgehead atoms. The predicted octanol–water partition coefficient (Wildman–Crippen LogP) is 7.71. The minimum absolute atomic E-state index is 0.162. The van der Waals surface area contributed by atoms with E-state index in [1.165, 1.54) is 55.9 Å². The number of hydrogen-bond acceptors (Lipinski definition) is 11. The average molecular weight is 939 g/mol. The zero-order valence-electron chi connectivity index (χ0n) is 33.2. The number of phenols is 1. The number of aromatic nitrogens is 1. The summed E-state index contributed by atoms with van der Waals surface area (Å²) in [5.41, 5.74) is -13.3. The molecule has 1 aromatic heterocycles. The molecule has 4 aliphatic rings. The van der Waals surface area contributed by atoms with Crippen LogP contribution < -0.4 is 7.89 Å². The molecule has 2 aliphatic heterocycles. The van der Waals surface area contributed by atoms with Gasteiger partial charge in [0.15, 0.2) is 5.82 Å². The quantitative estimate of drug-likeness (QED) is 0.141. The number of nitrogens with zero attached hydrogens (tertiary/aromatic N) is 4. The highest BCUT2D eigenvalue weighted by Gasteiger charge is 2.62. The van der Waals surface area contributed by atoms with E-state index in [1.807, 2.05) is 26.0 Å². The largest absolute Gasteiger partial charge is 0.534 e. The van der Waals surface area contributed by atoms with E-state index in [0.29, 0.717) is 24.1 Å². The molecule has 0 unspecified atom stereocenters. The van der Waals surface area contributed by atoms with Crippen LogP contribution in [-0.4, -0.2) is 86.8 Å². The van der Waals surface area contributed by atoms with E-state index in [-0.39, 0.29) is 22.1 Å². The third-order valence-corrected chi connectivity index (χ3v) is 14.9. The standard InChI is InChI=1S/C15H18F3NO3S.C14H19NO.C8H6F6N2O4S2/c1-14(2)9-19(11-4-5-11)8-10-3-6-12(7-13(10)14)22-23(20,21)15(16,17)18;1-14(2)9-15(11-4-5-11)8-10-3-6-12(16)7-13(10)14;1-5-2-3-6(15-4-5)16(21(17,18)7(9,10)11)22(19,20)8(12,13)14/h3,6-7,11H,4-5,8-9H2,1-2H3;3,6-7,11,16H,4-5,8-9H2,1-2H3;2-4H,1H3. The second-order valence-electron chi connectivity index (χ2n) is 16.5. The molecular weight excluding hydrogens is 896 g/mol. The van der Waals surface area contributed by atoms with Crippen molar-refractivity contribution in [1.82, 2.24) is 14.8 Å². The van der Waals surface area contributed by atoms with Gasteiger partial charge in [0, 0.05) is 55.3 Å². The van der Waals surface area contributed by atoms with Crippen LogP contribution in [0.5, 0.6) is 11.5 Å². The van der Waals surface area contributed by atoms with Gasteiger partial charge in [-0.3, -0.25) is 9.80 Å². The summed E-state index contributed by atoms with van der Waals surface area (Å²) < 4.78 is 182. The van der Waals surface area contributed by atoms with Crippen molar-refractivity contribution in [3.8, 4) is 11.5 Å². The van der Waals surface area contributed by atoms with Crippen LogP contribution in [0.15, 0.2) is 54.7 Å². The molecule has 2 fully saturated rings. The van der Waals surface area contributed by atoms with Gasteiger partial charge < -0.3 is 9.29 Å². The lowest BCUT2D eigenvalue weighted by atomic mass is 9.78. The first kappa shape index (κ1) is 48.2. The van der Waals surface area contributed by atoms with Crippen molar-refractivity contribution in [1.29, 1.82) is 0 Å². The Morgan fingerprint density at radius 2 is 1.11 bits per heavy atom. The van der Waals surface area contributed by atoms with Crippen LogP contribution in [0.1, 0.15) is 81.2 Å². The number of anilines is 1. The third-order valence-electron chi connectivity index (χ3n) is 10.3. The number of halogens is 9. The van der Waals surface area contributed by atoms with Gasteiger partial charge in [-0.15, -0.1) is 3.71 Å². The molecule has 0 amide bonds. The molecule has 340 valence electrons. The summed E-state index contributed by atoms with van der Waals surface area (Å²) in [6.07, 6.45) is 5.79. The Hall–Kier alpha value is -3.87. The third kappa shape index (κ3) is 10.7. The highest BCUT2D eigenvalue weighted by molar-refractivity contribution is 8.11. The topological polar surface area (TPSA) is 154 Å². The normalized spacial score (nSPS) is 19.6. The number of aryl methyl sites for hydroxylation is 1. The SMILES string of the molecule is CC1(C)CN(C2CC2)Cc2ccc(O)cc21.CC1(C)CN(C2CC2)Cc2ccc(OS(=O)(=O)C(F)(F)F)cc21.Cc1ccc(N(S(=O)(=O)C(F)(F)F)S(=O)(=O)C(F)(F)F)nc1. The van der Waals surface area contributed by atoms with Crippen molar-refractivity contribution >= 4 is 36.0 Å². The summed E-state index contributed by atoms with van der Waals surface area (Å²) in [4.78, 5) is 7.97. The number of fused-ring (bicyclic) bond motifs is 2. The Morgan fingerprint density at radius 1 is 0.672 bits per heavy atom. The summed E-state index contributed by atoms with van der Waals surface area (Å²) >= 11 is 0. The molecular formula is C37H43F9N4O8S3. The fourth-order valence-corrected chi connectivity index (χ4v) is 10.2. The number of sulfonamides is 2. The summed E-state index contributed by atoms with van der Waals surface area (Å²) in [5, 5.41) is 9.59. The molecule has 1 N–H and O–H groups in total. The minimum Gasteiger partial charge on any atom is -0.508 e. The van der Waals surface area contributed by atoms with E-state index >= 15 is 0 Å². The Morgan fingerprint density at radius 3 is 1.51 bits per heavy atom. The summed E-state index contributed by atoms with van der Waals surface area (Å²) in [6, 6.07) is 12.9. The van der Waals surface area contributed by atoms with E-state index in [0.717, 1.165) is 49.4 Å². The van der Waals surface area contributed by atoms with Crippen LogP contribution in [-0.2, 0) is 54.1 Å². The maximum Gasteiger partial charge on any atom is 0.534 e. The smallest absolute Gasteiger partial charge is 0.508 e. The lowest BCUT2D eigenvalue weighted by Gasteiger charge is -2.40. The van der Waals surface area contributed by atoms with Gasteiger partial charge in [0.2, 0.25) is 0 Å². The van der Waals surface area contributed by atoms with Crippen LogP contribution >= 0.6 is 0 Å². The molecule has 2 aromatic carbocycles. The average Bonchev–Trinajstić information content (AvgIpc) is 4.02. The van der Waals surface area contributed by atoms with Gasteiger partial charge in [0.05, 0.1) is 0 Å². The first-order valence-electron chi connectivity index (χ1n) is 18.5. The Bertz CT molecular complexity index is 2390. The molecule has 2 saturated carbocycles. The number of aromatic hydroxyl groups is 1. The van der Waals surface area contributed by atoms with Crippen LogP contribution in [0.4, 0.5) is 45.3 Å².